The molecule has 4 nitrogen and oxygen atoms in total. The standard InChI is InChI=1S/C15H18N2O2/c1-11(2)16-8-9-17(14(16)18)13-5-3-4-12(10-13)15(19)6-7-15/h3-5,8-11,19H,6-7H2,1-2H3. The van der Waals surface area contributed by atoms with Gasteiger partial charge in [0.1, 0.15) is 0 Å². The van der Waals surface area contributed by atoms with Gasteiger partial charge in [-0.3, -0.25) is 9.13 Å². The highest BCUT2D eigenvalue weighted by atomic mass is 16.3. The molecule has 19 heavy (non-hydrogen) atoms. The van der Waals surface area contributed by atoms with Crippen LogP contribution in [0, 0.1) is 0 Å². The Morgan fingerprint density at radius 2 is 2.00 bits per heavy atom. The number of hydrogen-bond acceptors (Lipinski definition) is 2. The van der Waals surface area contributed by atoms with Crippen LogP contribution in [-0.4, -0.2) is 14.2 Å². The molecule has 1 N–H and O–H groups in total. The van der Waals surface area contributed by atoms with Gasteiger partial charge >= 0.3 is 5.69 Å². The number of hydrogen-bond donors (Lipinski definition) is 1. The largest absolute Gasteiger partial charge is 0.385 e. The Hall–Kier alpha value is -1.81. The van der Waals surface area contributed by atoms with E-state index in [1.54, 1.807) is 21.5 Å². The van der Waals surface area contributed by atoms with Crippen LogP contribution in [0.3, 0.4) is 0 Å². The summed E-state index contributed by atoms with van der Waals surface area (Å²) in [6, 6.07) is 7.74. The van der Waals surface area contributed by atoms with Crippen LogP contribution in [0.2, 0.25) is 0 Å². The Morgan fingerprint density at radius 3 is 2.58 bits per heavy atom. The van der Waals surface area contributed by atoms with Crippen LogP contribution >= 0.6 is 0 Å². The van der Waals surface area contributed by atoms with Gasteiger partial charge in [-0.25, -0.2) is 4.79 Å². The average Bonchev–Trinajstić information content (AvgIpc) is 3.01. The molecular weight excluding hydrogens is 240 g/mol. The lowest BCUT2D eigenvalue weighted by atomic mass is 10.1. The summed E-state index contributed by atoms with van der Waals surface area (Å²) in [4.78, 5) is 12.3. The Bertz CT molecular complexity index is 663. The minimum absolute atomic E-state index is 0.0464. The lowest BCUT2D eigenvalue weighted by Gasteiger charge is -2.10. The van der Waals surface area contributed by atoms with E-state index >= 15 is 0 Å². The monoisotopic (exact) mass is 258 g/mol. The predicted octanol–water partition coefficient (Wildman–Crippen LogP) is 2.20. The lowest BCUT2D eigenvalue weighted by molar-refractivity contribution is 0.151. The van der Waals surface area contributed by atoms with E-state index in [1.165, 1.54) is 0 Å². The summed E-state index contributed by atoms with van der Waals surface area (Å²) in [5.74, 6) is 0. The van der Waals surface area contributed by atoms with Gasteiger partial charge in [0.25, 0.3) is 0 Å². The summed E-state index contributed by atoms with van der Waals surface area (Å²) in [6.07, 6.45) is 5.18. The van der Waals surface area contributed by atoms with Crippen molar-refractivity contribution >= 4 is 0 Å². The highest BCUT2D eigenvalue weighted by Gasteiger charge is 2.42. The Labute approximate surface area is 111 Å². The quantitative estimate of drug-likeness (QED) is 0.917. The number of nitrogens with zero attached hydrogens (tertiary/aromatic N) is 2. The van der Waals surface area contributed by atoms with Crippen molar-refractivity contribution < 1.29 is 5.11 Å². The molecule has 1 heterocycles. The second-order valence-electron chi connectivity index (χ2n) is 5.53. The topological polar surface area (TPSA) is 47.2 Å². The van der Waals surface area contributed by atoms with Gasteiger partial charge in [0, 0.05) is 18.4 Å². The third-order valence-corrected chi connectivity index (χ3v) is 3.74. The van der Waals surface area contributed by atoms with Crippen molar-refractivity contribution in [2.75, 3.05) is 0 Å². The normalized spacial score (nSPS) is 16.8. The van der Waals surface area contributed by atoms with Crippen LogP contribution in [0.15, 0.2) is 41.5 Å². The van der Waals surface area contributed by atoms with Crippen molar-refractivity contribution in [3.63, 3.8) is 0 Å². The molecule has 1 aromatic heterocycles. The Morgan fingerprint density at radius 1 is 1.26 bits per heavy atom. The summed E-state index contributed by atoms with van der Waals surface area (Å²) in [7, 11) is 0. The minimum atomic E-state index is -0.666. The molecule has 1 aliphatic carbocycles. The summed E-state index contributed by atoms with van der Waals surface area (Å²) in [5.41, 5.74) is 0.992. The van der Waals surface area contributed by atoms with Crippen LogP contribution in [0.5, 0.6) is 0 Å². The zero-order valence-electron chi connectivity index (χ0n) is 11.2. The SMILES string of the molecule is CC(C)n1ccn(-c2cccc(C3(O)CC3)c2)c1=O. The molecule has 0 aliphatic heterocycles. The average molecular weight is 258 g/mol. The summed E-state index contributed by atoms with van der Waals surface area (Å²) >= 11 is 0. The molecule has 100 valence electrons. The van der Waals surface area contributed by atoms with Crippen LogP contribution in [0.25, 0.3) is 5.69 Å². The van der Waals surface area contributed by atoms with Crippen LogP contribution < -0.4 is 5.69 Å². The van der Waals surface area contributed by atoms with E-state index < -0.39 is 5.60 Å². The summed E-state index contributed by atoms with van der Waals surface area (Å²) < 4.78 is 3.31. The zero-order valence-corrected chi connectivity index (χ0v) is 11.2. The molecule has 1 aliphatic rings. The molecule has 0 saturated heterocycles. The van der Waals surface area contributed by atoms with E-state index in [9.17, 15) is 9.90 Å². The fourth-order valence-corrected chi connectivity index (χ4v) is 2.33. The summed E-state index contributed by atoms with van der Waals surface area (Å²) in [6.45, 7) is 3.96. The van der Waals surface area contributed by atoms with E-state index in [-0.39, 0.29) is 11.7 Å². The second kappa shape index (κ2) is 4.10. The third kappa shape index (κ3) is 2.02. The van der Waals surface area contributed by atoms with Crippen molar-refractivity contribution in [1.82, 2.24) is 9.13 Å². The van der Waals surface area contributed by atoms with Crippen molar-refractivity contribution in [3.05, 3.63) is 52.7 Å². The fourth-order valence-electron chi connectivity index (χ4n) is 2.33. The molecular formula is C15H18N2O2. The van der Waals surface area contributed by atoms with E-state index in [1.807, 2.05) is 38.1 Å². The van der Waals surface area contributed by atoms with Gasteiger partial charge in [0.2, 0.25) is 0 Å². The molecule has 2 aromatic rings. The van der Waals surface area contributed by atoms with Gasteiger partial charge in [-0.15, -0.1) is 0 Å². The van der Waals surface area contributed by atoms with Gasteiger partial charge in [-0.05, 0) is 44.4 Å². The predicted molar refractivity (Wildman–Crippen MR) is 73.5 cm³/mol. The highest BCUT2D eigenvalue weighted by molar-refractivity contribution is 5.40. The highest BCUT2D eigenvalue weighted by Crippen LogP contribution is 2.45. The molecule has 0 amide bonds. The van der Waals surface area contributed by atoms with Gasteiger partial charge in [0.05, 0.1) is 11.3 Å². The smallest absolute Gasteiger partial charge is 0.332 e. The molecule has 4 heteroatoms. The molecule has 0 radical (unpaired) electrons. The third-order valence-electron chi connectivity index (χ3n) is 3.74. The number of aromatic nitrogens is 2. The van der Waals surface area contributed by atoms with Crippen molar-refractivity contribution in [3.8, 4) is 5.69 Å². The number of rotatable bonds is 3. The first kappa shape index (κ1) is 12.2. The molecule has 1 aromatic carbocycles. The minimum Gasteiger partial charge on any atom is -0.385 e. The molecule has 3 rings (SSSR count). The van der Waals surface area contributed by atoms with E-state index in [2.05, 4.69) is 0 Å². The van der Waals surface area contributed by atoms with Crippen LogP contribution in [0.1, 0.15) is 38.3 Å². The maximum atomic E-state index is 12.3. The molecule has 0 spiro atoms. The van der Waals surface area contributed by atoms with Crippen LogP contribution in [0.4, 0.5) is 0 Å². The van der Waals surface area contributed by atoms with Crippen molar-refractivity contribution in [2.45, 2.75) is 38.3 Å². The van der Waals surface area contributed by atoms with Crippen LogP contribution in [-0.2, 0) is 5.60 Å². The van der Waals surface area contributed by atoms with Crippen molar-refractivity contribution in [1.29, 1.82) is 0 Å². The first-order valence-electron chi connectivity index (χ1n) is 6.64. The van der Waals surface area contributed by atoms with E-state index in [4.69, 9.17) is 0 Å². The summed E-state index contributed by atoms with van der Waals surface area (Å²) in [5, 5.41) is 10.1. The van der Waals surface area contributed by atoms with E-state index in [0.717, 1.165) is 24.1 Å². The van der Waals surface area contributed by atoms with Gasteiger partial charge in [-0.1, -0.05) is 12.1 Å². The first-order valence-corrected chi connectivity index (χ1v) is 6.64. The molecule has 0 bridgehead atoms. The van der Waals surface area contributed by atoms with Gasteiger partial charge in [-0.2, -0.15) is 0 Å². The van der Waals surface area contributed by atoms with E-state index in [0.29, 0.717) is 0 Å². The fraction of sp³-hybridized carbons (Fsp3) is 0.400. The lowest BCUT2D eigenvalue weighted by Crippen LogP contribution is -2.24. The van der Waals surface area contributed by atoms with Gasteiger partial charge < -0.3 is 5.11 Å². The molecule has 0 unspecified atom stereocenters. The Balaban J connectivity index is 2.05. The molecule has 1 saturated carbocycles. The number of aliphatic hydroxyl groups is 1. The first-order chi connectivity index (χ1) is 9.01. The number of imidazole rings is 1. The second-order valence-corrected chi connectivity index (χ2v) is 5.53. The maximum Gasteiger partial charge on any atom is 0.332 e. The molecule has 1 fully saturated rings. The zero-order chi connectivity index (χ0) is 13.6. The van der Waals surface area contributed by atoms with Crippen molar-refractivity contribution in [2.24, 2.45) is 0 Å². The number of benzene rings is 1. The Kier molecular flexibility index (Phi) is 2.64. The molecule has 0 atom stereocenters. The van der Waals surface area contributed by atoms with Gasteiger partial charge in [0.15, 0.2) is 0 Å². The maximum absolute atomic E-state index is 12.3.